The standard InChI is InChI=1S/C26H20N2O3S/c1-18-25(29)32-26(30)28(18)24-9-5-8-23-22(24)14-15-27(23)16-19-10-12-21(13-11-19)31-17-20-6-3-2-4-7-20/h2-15H,1,16-17H2. The molecule has 5 rings (SSSR count). The number of carbonyl (C=O) groups is 2. The Labute approximate surface area is 189 Å². The number of anilines is 1. The summed E-state index contributed by atoms with van der Waals surface area (Å²) in [5.41, 5.74) is 4.13. The minimum atomic E-state index is -0.314. The van der Waals surface area contributed by atoms with Gasteiger partial charge in [-0.3, -0.25) is 14.5 Å². The molecule has 0 saturated carbocycles. The van der Waals surface area contributed by atoms with E-state index in [1.54, 1.807) is 0 Å². The van der Waals surface area contributed by atoms with Crippen molar-refractivity contribution in [2.45, 2.75) is 13.2 Å². The molecule has 0 spiro atoms. The number of fused-ring (bicyclic) bond motifs is 1. The van der Waals surface area contributed by atoms with Crippen molar-refractivity contribution in [2.75, 3.05) is 4.90 Å². The van der Waals surface area contributed by atoms with E-state index in [2.05, 4.69) is 23.3 Å². The summed E-state index contributed by atoms with van der Waals surface area (Å²) in [5, 5.41) is 0.285. The van der Waals surface area contributed by atoms with Crippen LogP contribution in [-0.2, 0) is 17.9 Å². The van der Waals surface area contributed by atoms with Crippen molar-refractivity contribution >= 4 is 38.7 Å². The van der Waals surface area contributed by atoms with Gasteiger partial charge in [-0.25, -0.2) is 0 Å². The highest BCUT2D eigenvalue weighted by Crippen LogP contribution is 2.37. The number of nitrogens with zero attached hydrogens (tertiary/aromatic N) is 2. The van der Waals surface area contributed by atoms with Crippen molar-refractivity contribution < 1.29 is 14.3 Å². The second-order valence-corrected chi connectivity index (χ2v) is 8.43. The lowest BCUT2D eigenvalue weighted by Gasteiger charge is -2.16. The van der Waals surface area contributed by atoms with E-state index in [1.165, 1.54) is 4.90 Å². The van der Waals surface area contributed by atoms with Gasteiger partial charge in [0.05, 0.1) is 16.9 Å². The van der Waals surface area contributed by atoms with Gasteiger partial charge in [-0.05, 0) is 41.5 Å². The molecule has 0 aliphatic carbocycles. The molecule has 2 heterocycles. The Kier molecular flexibility index (Phi) is 5.29. The Morgan fingerprint density at radius 3 is 2.34 bits per heavy atom. The molecule has 1 aliphatic heterocycles. The average molecular weight is 441 g/mol. The molecule has 4 aromatic rings. The van der Waals surface area contributed by atoms with Crippen LogP contribution in [0.3, 0.4) is 0 Å². The SMILES string of the molecule is C=C1C(=O)SC(=O)N1c1cccc2c1ccn2Cc1ccc(OCc2ccccc2)cc1. The molecule has 0 radical (unpaired) electrons. The van der Waals surface area contributed by atoms with Crippen LogP contribution in [0.15, 0.2) is 97.3 Å². The Balaban J connectivity index is 1.34. The highest BCUT2D eigenvalue weighted by molar-refractivity contribution is 8.27. The first kappa shape index (κ1) is 20.2. The first-order chi connectivity index (χ1) is 15.6. The molecule has 5 nitrogen and oxygen atoms in total. The molecule has 0 N–H and O–H groups in total. The fourth-order valence-corrected chi connectivity index (χ4v) is 4.47. The number of thioether (sulfide) groups is 1. The zero-order valence-corrected chi connectivity index (χ0v) is 18.0. The Hall–Kier alpha value is -3.77. The molecule has 0 atom stereocenters. The van der Waals surface area contributed by atoms with E-state index < -0.39 is 0 Å². The maximum Gasteiger partial charge on any atom is 0.298 e. The minimum absolute atomic E-state index is 0.200. The molecule has 0 unspecified atom stereocenters. The van der Waals surface area contributed by atoms with Crippen LogP contribution in [-0.4, -0.2) is 14.9 Å². The molecule has 6 heteroatoms. The number of aromatic nitrogens is 1. The third kappa shape index (κ3) is 3.81. The van der Waals surface area contributed by atoms with Crippen LogP contribution in [0.1, 0.15) is 11.1 Å². The molecule has 1 saturated heterocycles. The van der Waals surface area contributed by atoms with E-state index in [0.717, 1.165) is 27.8 Å². The van der Waals surface area contributed by atoms with Gasteiger partial charge >= 0.3 is 0 Å². The minimum Gasteiger partial charge on any atom is -0.489 e. The van der Waals surface area contributed by atoms with Crippen molar-refractivity contribution in [1.29, 1.82) is 0 Å². The van der Waals surface area contributed by atoms with Gasteiger partial charge in [0.1, 0.15) is 12.4 Å². The Morgan fingerprint density at radius 2 is 1.62 bits per heavy atom. The second-order valence-electron chi connectivity index (χ2n) is 7.51. The van der Waals surface area contributed by atoms with Crippen LogP contribution in [0.25, 0.3) is 10.9 Å². The predicted molar refractivity (Wildman–Crippen MR) is 128 cm³/mol. The zero-order valence-electron chi connectivity index (χ0n) is 17.2. The molecule has 0 bridgehead atoms. The fourth-order valence-electron chi connectivity index (χ4n) is 3.80. The summed E-state index contributed by atoms with van der Waals surface area (Å²) in [6.45, 7) is 4.99. The quantitative estimate of drug-likeness (QED) is 0.346. The van der Waals surface area contributed by atoms with Gasteiger partial charge in [0.2, 0.25) is 5.12 Å². The molecule has 3 aromatic carbocycles. The molecule has 1 fully saturated rings. The van der Waals surface area contributed by atoms with E-state index in [4.69, 9.17) is 4.74 Å². The van der Waals surface area contributed by atoms with Gasteiger partial charge in [0.25, 0.3) is 5.24 Å². The van der Waals surface area contributed by atoms with Crippen LogP contribution in [0.4, 0.5) is 10.5 Å². The van der Waals surface area contributed by atoms with Crippen molar-refractivity contribution in [1.82, 2.24) is 4.57 Å². The zero-order chi connectivity index (χ0) is 22.1. The average Bonchev–Trinajstić information content (AvgIpc) is 3.33. The van der Waals surface area contributed by atoms with Gasteiger partial charge < -0.3 is 9.30 Å². The van der Waals surface area contributed by atoms with Crippen LogP contribution >= 0.6 is 11.8 Å². The lowest BCUT2D eigenvalue weighted by Crippen LogP contribution is -2.20. The maximum absolute atomic E-state index is 12.3. The maximum atomic E-state index is 12.3. The van der Waals surface area contributed by atoms with Crippen molar-refractivity contribution in [2.24, 2.45) is 0 Å². The lowest BCUT2D eigenvalue weighted by atomic mass is 10.2. The number of amides is 1. The van der Waals surface area contributed by atoms with Crippen molar-refractivity contribution in [3.8, 4) is 5.75 Å². The monoisotopic (exact) mass is 440 g/mol. The van der Waals surface area contributed by atoms with Crippen LogP contribution in [0, 0.1) is 0 Å². The third-order valence-electron chi connectivity index (χ3n) is 5.42. The first-order valence-corrected chi connectivity index (χ1v) is 11.0. The van der Waals surface area contributed by atoms with Gasteiger partial charge in [-0.1, -0.05) is 55.1 Å². The summed E-state index contributed by atoms with van der Waals surface area (Å²) in [6.07, 6.45) is 1.99. The summed E-state index contributed by atoms with van der Waals surface area (Å²) in [6, 6.07) is 25.8. The fraction of sp³-hybridized carbons (Fsp3) is 0.0769. The number of benzene rings is 3. The van der Waals surface area contributed by atoms with E-state index in [9.17, 15) is 9.59 Å². The van der Waals surface area contributed by atoms with Crippen LogP contribution < -0.4 is 9.64 Å². The van der Waals surface area contributed by atoms with E-state index in [0.29, 0.717) is 30.6 Å². The summed E-state index contributed by atoms with van der Waals surface area (Å²) < 4.78 is 7.99. The Bertz CT molecular complexity index is 1330. The Morgan fingerprint density at radius 1 is 0.844 bits per heavy atom. The van der Waals surface area contributed by atoms with Gasteiger partial charge in [0.15, 0.2) is 0 Å². The van der Waals surface area contributed by atoms with E-state index in [1.807, 2.05) is 72.9 Å². The highest BCUT2D eigenvalue weighted by Gasteiger charge is 2.35. The smallest absolute Gasteiger partial charge is 0.298 e. The molecule has 158 valence electrons. The van der Waals surface area contributed by atoms with Crippen LogP contribution in [0.5, 0.6) is 5.75 Å². The predicted octanol–water partition coefficient (Wildman–Crippen LogP) is 5.98. The molecular weight excluding hydrogens is 420 g/mol. The first-order valence-electron chi connectivity index (χ1n) is 10.2. The summed E-state index contributed by atoms with van der Waals surface area (Å²) in [5.74, 6) is 0.825. The normalized spacial score (nSPS) is 13.9. The largest absolute Gasteiger partial charge is 0.489 e. The summed E-state index contributed by atoms with van der Waals surface area (Å²) >= 11 is 0.683. The van der Waals surface area contributed by atoms with E-state index >= 15 is 0 Å². The second kappa shape index (κ2) is 8.40. The number of hydrogen-bond acceptors (Lipinski definition) is 4. The summed E-state index contributed by atoms with van der Waals surface area (Å²) in [7, 11) is 0. The number of ether oxygens (including phenoxy) is 1. The van der Waals surface area contributed by atoms with Crippen molar-refractivity contribution in [3.05, 3.63) is 108 Å². The number of hydrogen-bond donors (Lipinski definition) is 0. The van der Waals surface area contributed by atoms with E-state index in [-0.39, 0.29) is 16.1 Å². The molecule has 1 aromatic heterocycles. The number of carbonyl (C=O) groups excluding carboxylic acids is 2. The number of rotatable bonds is 6. The topological polar surface area (TPSA) is 51.5 Å². The third-order valence-corrected chi connectivity index (χ3v) is 6.20. The van der Waals surface area contributed by atoms with Gasteiger partial charge in [0, 0.05) is 29.9 Å². The molecule has 32 heavy (non-hydrogen) atoms. The molecule has 1 aliphatic rings. The van der Waals surface area contributed by atoms with Crippen molar-refractivity contribution in [3.63, 3.8) is 0 Å². The highest BCUT2D eigenvalue weighted by atomic mass is 32.2. The molecule has 1 amide bonds. The van der Waals surface area contributed by atoms with Gasteiger partial charge in [-0.15, -0.1) is 0 Å². The summed E-state index contributed by atoms with van der Waals surface area (Å²) in [4.78, 5) is 25.6. The lowest BCUT2D eigenvalue weighted by molar-refractivity contribution is -0.107. The molecular formula is C26H20N2O3S. The van der Waals surface area contributed by atoms with Crippen LogP contribution in [0.2, 0.25) is 0 Å². The van der Waals surface area contributed by atoms with Gasteiger partial charge in [-0.2, -0.15) is 0 Å².